The predicted molar refractivity (Wildman–Crippen MR) is 88.0 cm³/mol. The van der Waals surface area contributed by atoms with Crippen molar-refractivity contribution in [3.8, 4) is 5.75 Å². The Morgan fingerprint density at radius 1 is 1.40 bits per heavy atom. The summed E-state index contributed by atoms with van der Waals surface area (Å²) < 4.78 is 7.50. The second-order valence-electron chi connectivity index (χ2n) is 4.70. The average Bonchev–Trinajstić information content (AvgIpc) is 2.35. The lowest BCUT2D eigenvalue weighted by atomic mass is 10.1. The molecule has 0 saturated heterocycles. The number of halogens is 2. The van der Waals surface area contributed by atoms with Crippen molar-refractivity contribution in [3.63, 3.8) is 0 Å². The summed E-state index contributed by atoms with van der Waals surface area (Å²) in [5.41, 5.74) is 6.95. The first-order valence-electron chi connectivity index (χ1n) is 6.51. The minimum Gasteiger partial charge on any atom is -0.491 e. The number of hydrogen-bond donors (Lipinski definition) is 2. The highest BCUT2D eigenvalue weighted by Gasteiger charge is 2.10. The van der Waals surface area contributed by atoms with E-state index in [9.17, 15) is 4.79 Å². The number of benzene rings is 1. The van der Waals surface area contributed by atoms with E-state index in [2.05, 4.69) is 37.2 Å². The Morgan fingerprint density at radius 3 is 2.50 bits per heavy atom. The fourth-order valence-electron chi connectivity index (χ4n) is 1.77. The van der Waals surface area contributed by atoms with E-state index >= 15 is 0 Å². The molecule has 0 aliphatic rings. The van der Waals surface area contributed by atoms with Crippen molar-refractivity contribution in [2.45, 2.75) is 32.2 Å². The molecule has 3 N–H and O–H groups in total. The van der Waals surface area contributed by atoms with Crippen LogP contribution in [0.15, 0.2) is 21.1 Å². The molecular formula is C14H20Br2N2O2. The van der Waals surface area contributed by atoms with Gasteiger partial charge in [0.25, 0.3) is 0 Å². The molecule has 20 heavy (non-hydrogen) atoms. The highest BCUT2D eigenvalue weighted by molar-refractivity contribution is 9.11. The molecule has 0 spiro atoms. The Labute approximate surface area is 136 Å². The van der Waals surface area contributed by atoms with Crippen LogP contribution in [0.25, 0.3) is 0 Å². The lowest BCUT2D eigenvalue weighted by molar-refractivity contribution is -0.120. The van der Waals surface area contributed by atoms with Crippen LogP contribution in [-0.4, -0.2) is 25.6 Å². The van der Waals surface area contributed by atoms with Gasteiger partial charge in [-0.15, -0.1) is 0 Å². The number of amides is 1. The van der Waals surface area contributed by atoms with Gasteiger partial charge in [0.2, 0.25) is 5.91 Å². The molecule has 4 nitrogen and oxygen atoms in total. The van der Waals surface area contributed by atoms with Crippen molar-refractivity contribution in [1.82, 2.24) is 5.32 Å². The predicted octanol–water partition coefficient (Wildman–Crippen LogP) is 3.01. The summed E-state index contributed by atoms with van der Waals surface area (Å²) in [6, 6.07) is 4.15. The molecule has 6 heteroatoms. The fourth-order valence-corrected chi connectivity index (χ4v) is 3.28. The van der Waals surface area contributed by atoms with Crippen molar-refractivity contribution in [2.24, 2.45) is 5.73 Å². The van der Waals surface area contributed by atoms with Crippen molar-refractivity contribution in [3.05, 3.63) is 26.6 Å². The minimum atomic E-state index is 0.0269. The van der Waals surface area contributed by atoms with Gasteiger partial charge in [0.1, 0.15) is 5.75 Å². The fraction of sp³-hybridized carbons (Fsp3) is 0.500. The van der Waals surface area contributed by atoms with Crippen molar-refractivity contribution < 1.29 is 9.53 Å². The highest BCUT2D eigenvalue weighted by atomic mass is 79.9. The normalized spacial score (nSPS) is 12.1. The molecule has 0 fully saturated rings. The first-order valence-corrected chi connectivity index (χ1v) is 8.09. The maximum Gasteiger partial charge on any atom is 0.219 e. The van der Waals surface area contributed by atoms with Gasteiger partial charge in [-0.2, -0.15) is 0 Å². The summed E-state index contributed by atoms with van der Waals surface area (Å²) in [4.78, 5) is 11.1. The molecule has 0 aliphatic heterocycles. The molecule has 1 rings (SSSR count). The van der Waals surface area contributed by atoms with Crippen LogP contribution in [0.1, 0.15) is 25.3 Å². The van der Waals surface area contributed by atoms with E-state index in [-0.39, 0.29) is 11.9 Å². The summed E-state index contributed by atoms with van der Waals surface area (Å²) in [5, 5.41) is 2.59. The number of carbonyl (C=O) groups excluding carboxylic acids is 1. The lowest BCUT2D eigenvalue weighted by Crippen LogP contribution is -2.18. The van der Waals surface area contributed by atoms with E-state index in [1.807, 2.05) is 19.1 Å². The SMILES string of the molecule is CNC(=O)CCCOc1c(Br)cc(CC(C)N)cc1Br. The first kappa shape index (κ1) is 17.5. The Bertz CT molecular complexity index is 441. The summed E-state index contributed by atoms with van der Waals surface area (Å²) in [6.07, 6.45) is 1.96. The smallest absolute Gasteiger partial charge is 0.219 e. The molecule has 0 radical (unpaired) electrons. The molecule has 0 bridgehead atoms. The first-order chi connectivity index (χ1) is 9.43. The Morgan fingerprint density at radius 2 is 2.00 bits per heavy atom. The number of hydrogen-bond acceptors (Lipinski definition) is 3. The lowest BCUT2D eigenvalue weighted by Gasteiger charge is -2.13. The van der Waals surface area contributed by atoms with Crippen LogP contribution in [0.3, 0.4) is 0 Å². The third kappa shape index (κ3) is 5.81. The van der Waals surface area contributed by atoms with Gasteiger partial charge in [0.05, 0.1) is 15.6 Å². The number of ether oxygens (including phenoxy) is 1. The van der Waals surface area contributed by atoms with Crippen LogP contribution in [0, 0.1) is 0 Å². The van der Waals surface area contributed by atoms with Gasteiger partial charge in [0.15, 0.2) is 0 Å². The maximum absolute atomic E-state index is 11.1. The number of rotatable bonds is 7. The molecule has 0 heterocycles. The van der Waals surface area contributed by atoms with Crippen LogP contribution >= 0.6 is 31.9 Å². The van der Waals surface area contributed by atoms with E-state index in [1.54, 1.807) is 7.05 Å². The van der Waals surface area contributed by atoms with E-state index < -0.39 is 0 Å². The highest BCUT2D eigenvalue weighted by Crippen LogP contribution is 2.35. The van der Waals surface area contributed by atoms with Gasteiger partial charge in [-0.05, 0) is 69.3 Å². The summed E-state index contributed by atoms with van der Waals surface area (Å²) in [7, 11) is 1.63. The molecular weight excluding hydrogens is 388 g/mol. The van der Waals surface area contributed by atoms with E-state index in [0.29, 0.717) is 19.4 Å². The van der Waals surface area contributed by atoms with Crippen LogP contribution in [0.5, 0.6) is 5.75 Å². The minimum absolute atomic E-state index is 0.0269. The molecule has 0 aromatic heterocycles. The van der Waals surface area contributed by atoms with E-state index in [4.69, 9.17) is 10.5 Å². The molecule has 1 aromatic carbocycles. The van der Waals surface area contributed by atoms with Gasteiger partial charge in [-0.25, -0.2) is 0 Å². The van der Waals surface area contributed by atoms with Crippen molar-refractivity contribution in [1.29, 1.82) is 0 Å². The monoisotopic (exact) mass is 406 g/mol. The van der Waals surface area contributed by atoms with Crippen LogP contribution in [0.4, 0.5) is 0 Å². The average molecular weight is 408 g/mol. The number of nitrogens with two attached hydrogens (primary N) is 1. The van der Waals surface area contributed by atoms with Crippen molar-refractivity contribution in [2.75, 3.05) is 13.7 Å². The molecule has 1 atom stereocenters. The molecule has 1 unspecified atom stereocenters. The molecule has 0 saturated carbocycles. The Balaban J connectivity index is 2.60. The molecule has 0 aliphatic carbocycles. The van der Waals surface area contributed by atoms with Gasteiger partial charge >= 0.3 is 0 Å². The summed E-state index contributed by atoms with van der Waals surface area (Å²) >= 11 is 7.02. The van der Waals surface area contributed by atoms with E-state index in [1.165, 1.54) is 0 Å². The zero-order valence-corrected chi connectivity index (χ0v) is 14.9. The van der Waals surface area contributed by atoms with Gasteiger partial charge in [-0.1, -0.05) is 0 Å². The third-order valence-electron chi connectivity index (χ3n) is 2.69. The molecule has 1 aromatic rings. The largest absolute Gasteiger partial charge is 0.491 e. The number of nitrogens with one attached hydrogen (secondary N) is 1. The zero-order valence-electron chi connectivity index (χ0n) is 11.7. The van der Waals surface area contributed by atoms with Gasteiger partial charge in [0, 0.05) is 19.5 Å². The Kier molecular flexibility index (Phi) is 7.55. The van der Waals surface area contributed by atoms with Gasteiger partial charge in [-0.3, -0.25) is 4.79 Å². The van der Waals surface area contributed by atoms with Crippen LogP contribution < -0.4 is 15.8 Å². The Hall–Kier alpha value is -0.590. The standard InChI is InChI=1S/C14H20Br2N2O2/c1-9(17)6-10-7-11(15)14(12(16)8-10)20-5-3-4-13(19)18-2/h7-9H,3-6,17H2,1-2H3,(H,18,19). The summed E-state index contributed by atoms with van der Waals surface area (Å²) in [6.45, 7) is 2.47. The second kappa shape index (κ2) is 8.64. The third-order valence-corrected chi connectivity index (χ3v) is 3.87. The summed E-state index contributed by atoms with van der Waals surface area (Å²) in [5.74, 6) is 0.786. The second-order valence-corrected chi connectivity index (χ2v) is 6.40. The molecule has 112 valence electrons. The number of carbonyl (C=O) groups is 1. The zero-order chi connectivity index (χ0) is 15.1. The van der Waals surface area contributed by atoms with E-state index in [0.717, 1.165) is 26.7 Å². The van der Waals surface area contributed by atoms with Crippen molar-refractivity contribution >= 4 is 37.8 Å². The van der Waals surface area contributed by atoms with Gasteiger partial charge < -0.3 is 15.8 Å². The van der Waals surface area contributed by atoms with Crippen LogP contribution in [-0.2, 0) is 11.2 Å². The topological polar surface area (TPSA) is 64.3 Å². The quantitative estimate of drug-likeness (QED) is 0.682. The van der Waals surface area contributed by atoms with Crippen LogP contribution in [0.2, 0.25) is 0 Å². The maximum atomic E-state index is 11.1. The molecule has 1 amide bonds.